The van der Waals surface area contributed by atoms with E-state index in [1.54, 1.807) is 24.6 Å². The van der Waals surface area contributed by atoms with Gasteiger partial charge < -0.3 is 4.42 Å². The van der Waals surface area contributed by atoms with Gasteiger partial charge in [0.1, 0.15) is 18.2 Å². The third-order valence-corrected chi connectivity index (χ3v) is 7.23. The minimum Gasteiger partial charge on any atom is -0.456 e. The normalized spacial score (nSPS) is 22.1. The van der Waals surface area contributed by atoms with E-state index >= 15 is 0 Å². The minimum atomic E-state index is -2.92. The Labute approximate surface area is 215 Å². The van der Waals surface area contributed by atoms with Crippen LogP contribution in [0.25, 0.3) is 38.0 Å². The van der Waals surface area contributed by atoms with Crippen LogP contribution in [0.2, 0.25) is 0 Å². The molecule has 0 spiro atoms. The van der Waals surface area contributed by atoms with Crippen molar-refractivity contribution in [2.45, 2.75) is 78.4 Å². The standard InChI is InChI=1S/C31H35N2O/c1-18(2)25-17-27(33(7)21(5)20(25)4)28-19(3)13-14-23-24-15-16-26(32-6)29(31(24)34-30(23)28)22-11-9-8-10-12-22/h13-18,22H,8-12H2,1-5,7H3/q+1/i1D3,4D3,17D,18D,22D. The average molecular weight is 461 g/mol. The molecule has 4 aromatic rings. The average Bonchev–Trinajstić information content (AvgIpc) is 3.28. The second-order valence-electron chi connectivity index (χ2n) is 9.34. The Hall–Kier alpha value is -3.12. The molecule has 1 atom stereocenters. The number of aromatic nitrogens is 1. The highest BCUT2D eigenvalue weighted by molar-refractivity contribution is 6.11. The zero-order chi connectivity index (χ0) is 31.9. The summed E-state index contributed by atoms with van der Waals surface area (Å²) in [5, 5.41) is 1.43. The molecule has 0 aliphatic heterocycles. The summed E-state index contributed by atoms with van der Waals surface area (Å²) in [6, 6.07) is 6.94. The molecule has 0 bridgehead atoms. The zero-order valence-electron chi connectivity index (χ0n) is 29.1. The lowest BCUT2D eigenvalue weighted by atomic mass is 9.82. The fourth-order valence-electron chi connectivity index (χ4n) is 5.24. The molecule has 1 aliphatic carbocycles. The lowest BCUT2D eigenvalue weighted by molar-refractivity contribution is -0.667. The molecule has 0 N–H and O–H groups in total. The predicted molar refractivity (Wildman–Crippen MR) is 141 cm³/mol. The summed E-state index contributed by atoms with van der Waals surface area (Å²) in [5.41, 5.74) is 2.73. The van der Waals surface area contributed by atoms with Crippen LogP contribution in [-0.4, -0.2) is 0 Å². The van der Waals surface area contributed by atoms with Crippen molar-refractivity contribution in [1.82, 2.24) is 0 Å². The van der Waals surface area contributed by atoms with Crippen molar-refractivity contribution in [1.29, 1.82) is 0 Å². The van der Waals surface area contributed by atoms with E-state index in [9.17, 15) is 2.74 Å². The van der Waals surface area contributed by atoms with E-state index in [4.69, 9.17) is 20.6 Å². The number of hydrogen-bond acceptors (Lipinski definition) is 1. The second-order valence-corrected chi connectivity index (χ2v) is 9.34. The smallest absolute Gasteiger partial charge is 0.216 e. The van der Waals surface area contributed by atoms with E-state index < -0.39 is 25.5 Å². The number of hydrogen-bond donors (Lipinski definition) is 0. The van der Waals surface area contributed by atoms with Crippen LogP contribution in [0.15, 0.2) is 34.7 Å². The van der Waals surface area contributed by atoms with Crippen LogP contribution in [0.3, 0.4) is 0 Å². The molecule has 2 aromatic heterocycles. The third kappa shape index (κ3) is 3.43. The van der Waals surface area contributed by atoms with Crippen molar-refractivity contribution in [3.05, 3.63) is 69.7 Å². The Balaban J connectivity index is 1.95. The Morgan fingerprint density at radius 3 is 2.62 bits per heavy atom. The molecule has 1 fully saturated rings. The molecule has 1 saturated carbocycles. The van der Waals surface area contributed by atoms with Gasteiger partial charge in [-0.1, -0.05) is 57.3 Å². The molecular formula is C31H35N2O+. The number of rotatable bonds is 3. The van der Waals surface area contributed by atoms with Gasteiger partial charge in [-0.3, -0.25) is 0 Å². The van der Waals surface area contributed by atoms with Gasteiger partial charge in [-0.2, -0.15) is 4.57 Å². The molecular weight excluding hydrogens is 416 g/mol. The van der Waals surface area contributed by atoms with E-state index in [0.29, 0.717) is 51.8 Å². The first-order valence-corrected chi connectivity index (χ1v) is 11.8. The van der Waals surface area contributed by atoms with Gasteiger partial charge in [0, 0.05) is 45.8 Å². The number of nitrogens with zero attached hydrogens (tertiary/aromatic N) is 2. The first-order chi connectivity index (χ1) is 19.9. The number of furan rings is 1. The molecule has 2 aromatic carbocycles. The largest absolute Gasteiger partial charge is 0.456 e. The molecule has 34 heavy (non-hydrogen) atoms. The fraction of sp³-hybridized carbons (Fsp3) is 0.419. The summed E-state index contributed by atoms with van der Waals surface area (Å²) < 4.78 is 84.8. The first-order valence-electron chi connectivity index (χ1n) is 16.3. The summed E-state index contributed by atoms with van der Waals surface area (Å²) in [6.07, 6.45) is 4.02. The number of pyridine rings is 1. The van der Waals surface area contributed by atoms with Crippen LogP contribution in [-0.2, 0) is 7.05 Å². The molecule has 0 saturated heterocycles. The topological polar surface area (TPSA) is 21.4 Å². The summed E-state index contributed by atoms with van der Waals surface area (Å²) >= 11 is 0. The van der Waals surface area contributed by atoms with Crippen LogP contribution >= 0.6 is 0 Å². The van der Waals surface area contributed by atoms with Crippen molar-refractivity contribution >= 4 is 27.6 Å². The molecule has 1 unspecified atom stereocenters. The van der Waals surface area contributed by atoms with Crippen LogP contribution in [0.5, 0.6) is 0 Å². The minimum absolute atomic E-state index is 0.222. The molecule has 5 rings (SSSR count). The lowest BCUT2D eigenvalue weighted by Crippen LogP contribution is -2.36. The summed E-state index contributed by atoms with van der Waals surface area (Å²) in [6.45, 7) is 6.69. The van der Waals surface area contributed by atoms with E-state index in [1.807, 2.05) is 25.1 Å². The second kappa shape index (κ2) is 8.58. The van der Waals surface area contributed by atoms with Gasteiger partial charge in [0.15, 0.2) is 11.4 Å². The molecule has 2 heterocycles. The van der Waals surface area contributed by atoms with Gasteiger partial charge in [-0.15, -0.1) is 0 Å². The SMILES string of the molecule is [2H]c1c(C([2H])(C)C([2H])([2H])[2H])c(C([2H])([2H])[2H])c(C)[n+](C)c1-c1c(C)ccc2c1oc1c(C3([2H])CCCCC3)c([N+]#[C-])ccc12. The molecule has 1 aliphatic rings. The van der Waals surface area contributed by atoms with Crippen LogP contribution in [0.4, 0.5) is 5.69 Å². The monoisotopic (exact) mass is 460 g/mol. The Morgan fingerprint density at radius 2 is 1.91 bits per heavy atom. The van der Waals surface area contributed by atoms with Crippen LogP contribution in [0, 0.1) is 27.3 Å². The maximum absolute atomic E-state index is 9.39. The third-order valence-electron chi connectivity index (χ3n) is 7.23. The van der Waals surface area contributed by atoms with Gasteiger partial charge in [0.2, 0.25) is 5.69 Å². The summed E-state index contributed by atoms with van der Waals surface area (Å²) in [7, 11) is 1.63. The Morgan fingerprint density at radius 1 is 1.18 bits per heavy atom. The van der Waals surface area contributed by atoms with Crippen LogP contribution < -0.4 is 4.57 Å². The highest BCUT2D eigenvalue weighted by Gasteiger charge is 2.28. The predicted octanol–water partition coefficient (Wildman–Crippen LogP) is 8.72. The van der Waals surface area contributed by atoms with E-state index in [1.165, 1.54) is 0 Å². The highest BCUT2D eigenvalue weighted by atomic mass is 16.3. The maximum Gasteiger partial charge on any atom is 0.216 e. The van der Waals surface area contributed by atoms with Gasteiger partial charge in [0.05, 0.1) is 13.5 Å². The quantitative estimate of drug-likeness (QED) is 0.221. The number of aryl methyl sites for hydroxylation is 1. The highest BCUT2D eigenvalue weighted by Crippen LogP contribution is 2.46. The fourth-order valence-corrected chi connectivity index (χ4v) is 5.24. The summed E-state index contributed by atoms with van der Waals surface area (Å²) in [5.74, 6) is -3.38. The molecule has 174 valence electrons. The van der Waals surface area contributed by atoms with Crippen LogP contribution in [0.1, 0.15) is 98.0 Å². The summed E-state index contributed by atoms with van der Waals surface area (Å²) in [4.78, 5) is 3.75. The molecule has 3 heteroatoms. The van der Waals surface area contributed by atoms with Crippen molar-refractivity contribution in [2.75, 3.05) is 0 Å². The number of fused-ring (bicyclic) bond motifs is 3. The molecule has 3 nitrogen and oxygen atoms in total. The van der Waals surface area contributed by atoms with E-state index in [-0.39, 0.29) is 28.6 Å². The number of benzene rings is 2. The van der Waals surface area contributed by atoms with E-state index in [0.717, 1.165) is 31.6 Å². The molecule has 0 radical (unpaired) electrons. The maximum atomic E-state index is 9.39. The van der Waals surface area contributed by atoms with Gasteiger partial charge in [0.25, 0.3) is 0 Å². The Kier molecular flexibility index (Phi) is 3.62. The van der Waals surface area contributed by atoms with Crippen molar-refractivity contribution in [3.63, 3.8) is 0 Å². The van der Waals surface area contributed by atoms with Gasteiger partial charge in [-0.05, 0) is 49.5 Å². The van der Waals surface area contributed by atoms with E-state index in [2.05, 4.69) is 4.85 Å². The van der Waals surface area contributed by atoms with Crippen molar-refractivity contribution in [3.8, 4) is 11.3 Å². The first kappa shape index (κ1) is 14.3. The van der Waals surface area contributed by atoms with Gasteiger partial charge >= 0.3 is 0 Å². The van der Waals surface area contributed by atoms with Crippen molar-refractivity contribution in [2.24, 2.45) is 7.05 Å². The zero-order valence-corrected chi connectivity index (χ0v) is 20.1. The van der Waals surface area contributed by atoms with Crippen molar-refractivity contribution < 1.29 is 21.3 Å². The van der Waals surface area contributed by atoms with Gasteiger partial charge in [-0.25, -0.2) is 4.85 Å². The lowest BCUT2D eigenvalue weighted by Gasteiger charge is -2.23. The molecule has 0 amide bonds. The Bertz CT molecular complexity index is 1820.